The van der Waals surface area contributed by atoms with Crippen LogP contribution in [0.5, 0.6) is 5.75 Å². The molecule has 0 fully saturated rings. The van der Waals surface area contributed by atoms with Gasteiger partial charge in [-0.2, -0.15) is 5.26 Å². The van der Waals surface area contributed by atoms with E-state index in [1.165, 1.54) is 7.11 Å². The first-order valence-electron chi connectivity index (χ1n) is 3.98. The van der Waals surface area contributed by atoms with E-state index in [4.69, 9.17) is 21.6 Å². The molecule has 0 atom stereocenters. The number of ether oxygens (including phenoxy) is 1. The Morgan fingerprint density at radius 1 is 1.67 bits per heavy atom. The molecular formula is C9H7ClF2N2O. The van der Waals surface area contributed by atoms with Crippen LogP contribution in [-0.4, -0.2) is 12.1 Å². The van der Waals surface area contributed by atoms with Crippen LogP contribution in [0.25, 0.3) is 0 Å². The van der Waals surface area contributed by atoms with Gasteiger partial charge in [0.1, 0.15) is 0 Å². The summed E-state index contributed by atoms with van der Waals surface area (Å²) in [4.78, 5) is 3.67. The predicted molar refractivity (Wildman–Crippen MR) is 50.1 cm³/mol. The fourth-order valence-electron chi connectivity index (χ4n) is 1.18. The van der Waals surface area contributed by atoms with E-state index in [2.05, 4.69) is 4.98 Å². The summed E-state index contributed by atoms with van der Waals surface area (Å²) < 4.78 is 30.1. The van der Waals surface area contributed by atoms with Crippen LogP contribution in [-0.2, 0) is 6.42 Å². The Kier molecular flexibility index (Phi) is 3.81. The van der Waals surface area contributed by atoms with Crippen LogP contribution in [0.2, 0.25) is 5.15 Å². The maximum absolute atomic E-state index is 12.7. The molecule has 1 rings (SSSR count). The van der Waals surface area contributed by atoms with Gasteiger partial charge in [-0.3, -0.25) is 0 Å². The standard InChI is InChI=1S/C9H7ClF2N2O/c1-15-7-6(9(11)12)5(2-3-13)4-14-8(7)10/h4,9H,2H2,1H3. The number of hydrogen-bond acceptors (Lipinski definition) is 3. The average Bonchev–Trinajstić information content (AvgIpc) is 2.20. The third-order valence-electron chi connectivity index (χ3n) is 1.80. The van der Waals surface area contributed by atoms with E-state index >= 15 is 0 Å². The molecule has 0 aliphatic rings. The molecule has 1 aromatic heterocycles. The van der Waals surface area contributed by atoms with Crippen LogP contribution < -0.4 is 4.74 Å². The summed E-state index contributed by atoms with van der Waals surface area (Å²) in [5, 5.41) is 8.33. The molecule has 0 saturated heterocycles. The van der Waals surface area contributed by atoms with Gasteiger partial charge in [0.25, 0.3) is 6.43 Å². The molecule has 3 nitrogen and oxygen atoms in total. The molecule has 15 heavy (non-hydrogen) atoms. The summed E-state index contributed by atoms with van der Waals surface area (Å²) in [5.74, 6) is -0.167. The minimum atomic E-state index is -2.75. The average molecular weight is 233 g/mol. The van der Waals surface area contributed by atoms with Crippen LogP contribution in [0.1, 0.15) is 17.6 Å². The van der Waals surface area contributed by atoms with Gasteiger partial charge in [-0.25, -0.2) is 13.8 Å². The van der Waals surface area contributed by atoms with E-state index in [1.807, 2.05) is 0 Å². The third kappa shape index (κ3) is 2.34. The van der Waals surface area contributed by atoms with Crippen LogP contribution in [0, 0.1) is 11.3 Å². The number of methoxy groups -OCH3 is 1. The topological polar surface area (TPSA) is 45.9 Å². The second kappa shape index (κ2) is 4.89. The minimum absolute atomic E-state index is 0.130. The van der Waals surface area contributed by atoms with Crippen molar-refractivity contribution in [2.45, 2.75) is 12.8 Å². The van der Waals surface area contributed by atoms with Gasteiger partial charge in [0.2, 0.25) is 0 Å². The quantitative estimate of drug-likeness (QED) is 0.753. The molecule has 6 heteroatoms. The van der Waals surface area contributed by atoms with Gasteiger partial charge in [-0.1, -0.05) is 11.6 Å². The number of hydrogen-bond donors (Lipinski definition) is 0. The maximum atomic E-state index is 12.7. The Morgan fingerprint density at radius 2 is 2.33 bits per heavy atom. The Bertz CT molecular complexity index is 404. The maximum Gasteiger partial charge on any atom is 0.267 e. The van der Waals surface area contributed by atoms with Crippen molar-refractivity contribution in [2.24, 2.45) is 0 Å². The Balaban J connectivity index is 3.36. The van der Waals surface area contributed by atoms with Crippen molar-refractivity contribution in [3.05, 3.63) is 22.5 Å². The van der Waals surface area contributed by atoms with Crippen molar-refractivity contribution in [3.63, 3.8) is 0 Å². The number of nitrogens with zero attached hydrogens (tertiary/aromatic N) is 2. The number of rotatable bonds is 3. The van der Waals surface area contributed by atoms with Gasteiger partial charge in [0, 0.05) is 6.20 Å². The number of pyridine rings is 1. The Labute approximate surface area is 90.3 Å². The SMILES string of the molecule is COc1c(Cl)ncc(CC#N)c1C(F)F. The van der Waals surface area contributed by atoms with Gasteiger partial charge in [-0.15, -0.1) is 0 Å². The van der Waals surface area contributed by atoms with Crippen LogP contribution in [0.3, 0.4) is 0 Å². The molecule has 0 aliphatic heterocycles. The minimum Gasteiger partial charge on any atom is -0.493 e. The van der Waals surface area contributed by atoms with Gasteiger partial charge >= 0.3 is 0 Å². The lowest BCUT2D eigenvalue weighted by molar-refractivity contribution is 0.146. The molecule has 0 radical (unpaired) electrons. The summed E-state index contributed by atoms with van der Waals surface area (Å²) in [6.07, 6.45) is -1.74. The molecule has 0 amide bonds. The Hall–Kier alpha value is -1.41. The van der Waals surface area contributed by atoms with Crippen molar-refractivity contribution in [3.8, 4) is 11.8 Å². The largest absolute Gasteiger partial charge is 0.493 e. The van der Waals surface area contributed by atoms with E-state index in [-0.39, 0.29) is 28.5 Å². The lowest BCUT2D eigenvalue weighted by Crippen LogP contribution is -2.01. The first-order chi connectivity index (χ1) is 7.11. The lowest BCUT2D eigenvalue weighted by atomic mass is 10.1. The van der Waals surface area contributed by atoms with Crippen molar-refractivity contribution in [2.75, 3.05) is 7.11 Å². The summed E-state index contributed by atoms with van der Waals surface area (Å²) in [6, 6.07) is 1.78. The molecule has 0 spiro atoms. The predicted octanol–water partition coefficient (Wildman–Crippen LogP) is 2.75. The third-order valence-corrected chi connectivity index (χ3v) is 2.07. The summed E-state index contributed by atoms with van der Waals surface area (Å²) in [5.41, 5.74) is -0.229. The summed E-state index contributed by atoms with van der Waals surface area (Å²) >= 11 is 5.59. The van der Waals surface area contributed by atoms with Crippen molar-refractivity contribution < 1.29 is 13.5 Å². The normalized spacial score (nSPS) is 10.1. The zero-order chi connectivity index (χ0) is 11.4. The molecule has 0 aromatic carbocycles. The first-order valence-corrected chi connectivity index (χ1v) is 4.36. The van der Waals surface area contributed by atoms with Gasteiger partial charge in [-0.05, 0) is 5.56 Å². The summed E-state index contributed by atoms with van der Waals surface area (Å²) in [6.45, 7) is 0. The van der Waals surface area contributed by atoms with Crippen molar-refractivity contribution >= 4 is 11.6 Å². The summed E-state index contributed by atoms with van der Waals surface area (Å²) in [7, 11) is 1.23. The van der Waals surface area contributed by atoms with Gasteiger partial charge in [0.05, 0.1) is 25.2 Å². The molecule has 0 unspecified atom stereocenters. The molecule has 80 valence electrons. The smallest absolute Gasteiger partial charge is 0.267 e. The highest BCUT2D eigenvalue weighted by Gasteiger charge is 2.21. The van der Waals surface area contributed by atoms with Crippen LogP contribution in [0.4, 0.5) is 8.78 Å². The highest BCUT2D eigenvalue weighted by Crippen LogP contribution is 2.36. The molecule has 0 saturated carbocycles. The Morgan fingerprint density at radius 3 is 2.80 bits per heavy atom. The zero-order valence-corrected chi connectivity index (χ0v) is 8.55. The fraction of sp³-hybridized carbons (Fsp3) is 0.333. The van der Waals surface area contributed by atoms with E-state index in [0.717, 1.165) is 6.20 Å². The molecule has 0 aliphatic carbocycles. The van der Waals surface area contributed by atoms with E-state index < -0.39 is 6.43 Å². The van der Waals surface area contributed by atoms with E-state index in [9.17, 15) is 8.78 Å². The fourth-order valence-corrected chi connectivity index (χ4v) is 1.41. The molecular weight excluding hydrogens is 226 g/mol. The number of nitriles is 1. The second-order valence-electron chi connectivity index (χ2n) is 2.66. The highest BCUT2D eigenvalue weighted by molar-refractivity contribution is 6.31. The van der Waals surface area contributed by atoms with Crippen molar-refractivity contribution in [1.29, 1.82) is 5.26 Å². The van der Waals surface area contributed by atoms with E-state index in [0.29, 0.717) is 0 Å². The van der Waals surface area contributed by atoms with Crippen LogP contribution >= 0.6 is 11.6 Å². The zero-order valence-electron chi connectivity index (χ0n) is 7.80. The molecule has 0 N–H and O–H groups in total. The number of aromatic nitrogens is 1. The molecule has 1 aromatic rings. The van der Waals surface area contributed by atoms with Crippen molar-refractivity contribution in [1.82, 2.24) is 4.98 Å². The number of halogens is 3. The number of alkyl halides is 2. The monoisotopic (exact) mass is 232 g/mol. The molecule has 1 heterocycles. The molecule has 0 bridgehead atoms. The van der Waals surface area contributed by atoms with Gasteiger partial charge in [0.15, 0.2) is 10.9 Å². The van der Waals surface area contributed by atoms with Gasteiger partial charge < -0.3 is 4.74 Å². The van der Waals surface area contributed by atoms with Crippen LogP contribution in [0.15, 0.2) is 6.20 Å². The lowest BCUT2D eigenvalue weighted by Gasteiger charge is -2.11. The highest BCUT2D eigenvalue weighted by atomic mass is 35.5. The first kappa shape index (κ1) is 11.7. The van der Waals surface area contributed by atoms with E-state index in [1.54, 1.807) is 6.07 Å². The second-order valence-corrected chi connectivity index (χ2v) is 3.01.